The zero-order valence-corrected chi connectivity index (χ0v) is 10.7. The van der Waals surface area contributed by atoms with Gasteiger partial charge in [-0.25, -0.2) is 0 Å². The minimum Gasteiger partial charge on any atom is -0.393 e. The van der Waals surface area contributed by atoms with Crippen molar-refractivity contribution in [3.63, 3.8) is 0 Å². The Bertz CT molecular complexity index is 432. The quantitative estimate of drug-likeness (QED) is 0.546. The number of hydrogen-bond acceptors (Lipinski definition) is 4. The molecule has 0 aliphatic heterocycles. The Labute approximate surface area is 111 Å². The smallest absolute Gasteiger partial charge is 0.251 e. The second kappa shape index (κ2) is 6.86. The first-order valence-electron chi connectivity index (χ1n) is 5.88. The molecule has 0 saturated carbocycles. The molecule has 1 atom stereocenters. The first-order chi connectivity index (χ1) is 8.94. The van der Waals surface area contributed by atoms with Crippen molar-refractivity contribution in [2.45, 2.75) is 12.5 Å². The highest BCUT2D eigenvalue weighted by atomic mass is 16.3. The summed E-state index contributed by atoms with van der Waals surface area (Å²) in [7, 11) is 0. The number of amides is 2. The van der Waals surface area contributed by atoms with Crippen LogP contribution in [0.1, 0.15) is 17.3 Å². The predicted octanol–water partition coefficient (Wildman–Crippen LogP) is -0.724. The van der Waals surface area contributed by atoms with Crippen LogP contribution < -0.4 is 10.6 Å². The van der Waals surface area contributed by atoms with Crippen LogP contribution in [0.2, 0.25) is 0 Å². The number of carbonyl (C=O) groups excluding carboxylic acids is 2. The van der Waals surface area contributed by atoms with Gasteiger partial charge in [0.2, 0.25) is 5.91 Å². The van der Waals surface area contributed by atoms with E-state index in [0.29, 0.717) is 5.56 Å². The van der Waals surface area contributed by atoms with Crippen LogP contribution in [-0.2, 0) is 4.79 Å². The van der Waals surface area contributed by atoms with Crippen molar-refractivity contribution in [1.29, 1.82) is 0 Å². The fourth-order valence-electron chi connectivity index (χ4n) is 1.26. The maximum absolute atomic E-state index is 11.6. The highest BCUT2D eigenvalue weighted by Crippen LogP contribution is 1.99. The Morgan fingerprint density at radius 2 is 1.84 bits per heavy atom. The van der Waals surface area contributed by atoms with Crippen molar-refractivity contribution in [2.24, 2.45) is 0 Å². The zero-order valence-electron chi connectivity index (χ0n) is 10.7. The lowest BCUT2D eigenvalue weighted by Crippen LogP contribution is -2.46. The molecular weight excluding hydrogens is 248 g/mol. The molecule has 1 unspecified atom stereocenters. The minimum absolute atomic E-state index is 0.0798. The van der Waals surface area contributed by atoms with Gasteiger partial charge in [-0.2, -0.15) is 0 Å². The minimum atomic E-state index is -1.36. The summed E-state index contributed by atoms with van der Waals surface area (Å²) in [6.45, 7) is 0.679. The summed E-state index contributed by atoms with van der Waals surface area (Å²) >= 11 is 0. The molecule has 6 nitrogen and oxygen atoms in total. The number of hydrogen-bond donors (Lipinski definition) is 4. The molecule has 1 rings (SSSR count). The third-order valence-electron chi connectivity index (χ3n) is 2.45. The van der Waals surface area contributed by atoms with Crippen LogP contribution in [0.5, 0.6) is 0 Å². The van der Waals surface area contributed by atoms with Crippen LogP contribution in [0.4, 0.5) is 0 Å². The molecule has 0 bridgehead atoms. The van der Waals surface area contributed by atoms with E-state index in [4.69, 9.17) is 5.11 Å². The fraction of sp³-hybridized carbons (Fsp3) is 0.385. The Morgan fingerprint density at radius 1 is 1.21 bits per heavy atom. The summed E-state index contributed by atoms with van der Waals surface area (Å²) in [5, 5.41) is 23.2. The van der Waals surface area contributed by atoms with Crippen molar-refractivity contribution in [1.82, 2.24) is 10.6 Å². The molecule has 0 aliphatic carbocycles. The standard InChI is InChI=1S/C13H18N2O4/c1-13(19,9-16)8-15-11(17)7-14-12(18)10-5-3-2-4-6-10/h2-6,16,19H,7-9H2,1H3,(H,14,18)(H,15,17). The van der Waals surface area contributed by atoms with E-state index in [-0.39, 0.29) is 19.0 Å². The van der Waals surface area contributed by atoms with Crippen LogP contribution in [0, 0.1) is 0 Å². The topological polar surface area (TPSA) is 98.7 Å². The number of benzene rings is 1. The Kier molecular flexibility index (Phi) is 5.47. The third kappa shape index (κ3) is 5.50. The molecule has 19 heavy (non-hydrogen) atoms. The van der Waals surface area contributed by atoms with E-state index in [1.807, 2.05) is 0 Å². The molecule has 6 heteroatoms. The van der Waals surface area contributed by atoms with E-state index < -0.39 is 18.1 Å². The van der Waals surface area contributed by atoms with Gasteiger partial charge in [0.1, 0.15) is 5.60 Å². The van der Waals surface area contributed by atoms with Crippen molar-refractivity contribution < 1.29 is 19.8 Å². The van der Waals surface area contributed by atoms with Crippen molar-refractivity contribution in [3.8, 4) is 0 Å². The van der Waals surface area contributed by atoms with Crippen molar-refractivity contribution >= 4 is 11.8 Å². The Hall–Kier alpha value is -1.92. The predicted molar refractivity (Wildman–Crippen MR) is 69.5 cm³/mol. The normalized spacial score (nSPS) is 13.4. The Morgan fingerprint density at radius 3 is 2.42 bits per heavy atom. The second-order valence-corrected chi connectivity index (χ2v) is 4.48. The molecule has 0 spiro atoms. The van der Waals surface area contributed by atoms with E-state index in [9.17, 15) is 14.7 Å². The van der Waals surface area contributed by atoms with Gasteiger partial charge in [0.05, 0.1) is 13.2 Å². The van der Waals surface area contributed by atoms with Crippen LogP contribution >= 0.6 is 0 Å². The summed E-state index contributed by atoms with van der Waals surface area (Å²) in [5.41, 5.74) is -0.892. The number of carbonyl (C=O) groups is 2. The monoisotopic (exact) mass is 266 g/mol. The molecule has 0 radical (unpaired) electrons. The van der Waals surface area contributed by atoms with Crippen molar-refractivity contribution in [3.05, 3.63) is 35.9 Å². The SMILES string of the molecule is CC(O)(CO)CNC(=O)CNC(=O)c1ccccc1. The summed E-state index contributed by atoms with van der Waals surface area (Å²) in [6.07, 6.45) is 0. The average molecular weight is 266 g/mol. The number of aliphatic hydroxyl groups is 2. The van der Waals surface area contributed by atoms with Gasteiger partial charge in [-0.1, -0.05) is 18.2 Å². The van der Waals surface area contributed by atoms with Gasteiger partial charge < -0.3 is 20.8 Å². The number of nitrogens with one attached hydrogen (secondary N) is 2. The van der Waals surface area contributed by atoms with Gasteiger partial charge in [0, 0.05) is 12.1 Å². The van der Waals surface area contributed by atoms with Crippen LogP contribution in [-0.4, -0.2) is 47.3 Å². The number of rotatable bonds is 6. The molecule has 0 heterocycles. The largest absolute Gasteiger partial charge is 0.393 e. The second-order valence-electron chi connectivity index (χ2n) is 4.48. The van der Waals surface area contributed by atoms with Crippen molar-refractivity contribution in [2.75, 3.05) is 19.7 Å². The van der Waals surface area contributed by atoms with Gasteiger partial charge in [-0.15, -0.1) is 0 Å². The molecule has 1 aromatic carbocycles. The van der Waals surface area contributed by atoms with Gasteiger partial charge in [0.25, 0.3) is 5.91 Å². The number of aliphatic hydroxyl groups excluding tert-OH is 1. The van der Waals surface area contributed by atoms with E-state index >= 15 is 0 Å². The first kappa shape index (κ1) is 15.1. The molecule has 4 N–H and O–H groups in total. The molecule has 0 fully saturated rings. The van der Waals surface area contributed by atoms with Crippen LogP contribution in [0.25, 0.3) is 0 Å². The Balaban J connectivity index is 2.33. The molecule has 1 aromatic rings. The summed E-state index contributed by atoms with van der Waals surface area (Å²) in [4.78, 5) is 23.0. The highest BCUT2D eigenvalue weighted by molar-refractivity contribution is 5.96. The van der Waals surface area contributed by atoms with Crippen LogP contribution in [0.15, 0.2) is 30.3 Å². The molecule has 104 valence electrons. The fourth-order valence-corrected chi connectivity index (χ4v) is 1.26. The highest BCUT2D eigenvalue weighted by Gasteiger charge is 2.19. The molecule has 0 aliphatic rings. The third-order valence-corrected chi connectivity index (χ3v) is 2.45. The zero-order chi connectivity index (χ0) is 14.3. The lowest BCUT2D eigenvalue weighted by atomic mass is 10.1. The summed E-state index contributed by atoms with van der Waals surface area (Å²) in [6, 6.07) is 8.54. The van der Waals surface area contributed by atoms with Gasteiger partial charge in [0.15, 0.2) is 0 Å². The van der Waals surface area contributed by atoms with E-state index in [2.05, 4.69) is 10.6 Å². The molecule has 0 aromatic heterocycles. The maximum atomic E-state index is 11.6. The maximum Gasteiger partial charge on any atom is 0.251 e. The first-order valence-corrected chi connectivity index (χ1v) is 5.88. The van der Waals surface area contributed by atoms with Gasteiger partial charge >= 0.3 is 0 Å². The lowest BCUT2D eigenvalue weighted by molar-refractivity contribution is -0.121. The summed E-state index contributed by atoms with van der Waals surface area (Å²) < 4.78 is 0. The van der Waals surface area contributed by atoms with Crippen LogP contribution in [0.3, 0.4) is 0 Å². The average Bonchev–Trinajstić information content (AvgIpc) is 2.43. The van der Waals surface area contributed by atoms with E-state index in [1.54, 1.807) is 30.3 Å². The van der Waals surface area contributed by atoms with E-state index in [1.165, 1.54) is 6.92 Å². The lowest BCUT2D eigenvalue weighted by Gasteiger charge is -2.20. The molecule has 2 amide bonds. The van der Waals surface area contributed by atoms with E-state index in [0.717, 1.165) is 0 Å². The molecular formula is C13H18N2O4. The van der Waals surface area contributed by atoms with Gasteiger partial charge in [-0.05, 0) is 19.1 Å². The molecule has 0 saturated heterocycles. The summed E-state index contributed by atoms with van der Waals surface area (Å²) in [5.74, 6) is -0.775. The van der Waals surface area contributed by atoms with Gasteiger partial charge in [-0.3, -0.25) is 9.59 Å².